The number of sulfonamides is 1. The van der Waals surface area contributed by atoms with Crippen LogP contribution >= 0.6 is 0 Å². The van der Waals surface area contributed by atoms with Gasteiger partial charge >= 0.3 is 5.97 Å². The Bertz CT molecular complexity index is 1430. The number of carbonyl (C=O) groups is 2. The van der Waals surface area contributed by atoms with E-state index in [0.29, 0.717) is 24.2 Å². The SMILES string of the molecule is COc1ccc(C(=O)OC(C)C(=O)c2ccc(C)c(C)c2)cc1S(=O)(=O)N1CCCc2ccccc21. The van der Waals surface area contributed by atoms with E-state index in [2.05, 4.69) is 0 Å². The minimum Gasteiger partial charge on any atom is -0.495 e. The molecule has 188 valence electrons. The molecule has 0 fully saturated rings. The summed E-state index contributed by atoms with van der Waals surface area (Å²) in [5, 5.41) is 0. The third-order valence-corrected chi connectivity index (χ3v) is 8.31. The molecular weight excluding hydrogens is 478 g/mol. The predicted octanol–water partition coefficient (Wildman–Crippen LogP) is 4.88. The minimum atomic E-state index is -4.04. The van der Waals surface area contributed by atoms with Crippen molar-refractivity contribution in [2.75, 3.05) is 18.0 Å². The highest BCUT2D eigenvalue weighted by atomic mass is 32.2. The molecular formula is C28H29NO6S. The average Bonchev–Trinajstić information content (AvgIpc) is 2.88. The second-order valence-corrected chi connectivity index (χ2v) is 10.7. The van der Waals surface area contributed by atoms with Gasteiger partial charge in [-0.1, -0.05) is 30.3 Å². The number of hydrogen-bond donors (Lipinski definition) is 0. The molecule has 1 aliphatic heterocycles. The molecule has 1 aliphatic rings. The van der Waals surface area contributed by atoms with Gasteiger partial charge in [0.25, 0.3) is 10.0 Å². The van der Waals surface area contributed by atoms with E-state index in [1.807, 2.05) is 32.0 Å². The maximum Gasteiger partial charge on any atom is 0.338 e. The summed E-state index contributed by atoms with van der Waals surface area (Å²) in [5.74, 6) is -1.01. The first-order valence-electron chi connectivity index (χ1n) is 11.7. The van der Waals surface area contributed by atoms with E-state index < -0.39 is 22.1 Å². The van der Waals surface area contributed by atoms with Crippen LogP contribution in [0.3, 0.4) is 0 Å². The molecule has 0 bridgehead atoms. The van der Waals surface area contributed by atoms with Gasteiger partial charge in [0.15, 0.2) is 6.10 Å². The molecule has 36 heavy (non-hydrogen) atoms. The second kappa shape index (κ2) is 10.1. The monoisotopic (exact) mass is 507 g/mol. The van der Waals surface area contributed by atoms with Crippen LogP contribution in [0.25, 0.3) is 0 Å². The highest BCUT2D eigenvalue weighted by Crippen LogP contribution is 2.35. The molecule has 1 heterocycles. The van der Waals surface area contributed by atoms with E-state index in [0.717, 1.165) is 23.1 Å². The zero-order valence-corrected chi connectivity index (χ0v) is 21.6. The van der Waals surface area contributed by atoms with Crippen molar-refractivity contribution in [3.63, 3.8) is 0 Å². The van der Waals surface area contributed by atoms with Crippen molar-refractivity contribution in [2.45, 2.75) is 44.6 Å². The lowest BCUT2D eigenvalue weighted by Gasteiger charge is -2.31. The molecule has 0 radical (unpaired) electrons. The van der Waals surface area contributed by atoms with Crippen molar-refractivity contribution in [3.8, 4) is 5.75 Å². The van der Waals surface area contributed by atoms with Crippen molar-refractivity contribution in [3.05, 3.63) is 88.5 Å². The second-order valence-electron chi connectivity index (χ2n) is 8.89. The first kappa shape index (κ1) is 25.4. The zero-order valence-electron chi connectivity index (χ0n) is 20.8. The smallest absolute Gasteiger partial charge is 0.338 e. The number of aryl methyl sites for hydroxylation is 3. The van der Waals surface area contributed by atoms with Crippen LogP contribution in [0.15, 0.2) is 65.6 Å². The topological polar surface area (TPSA) is 90.0 Å². The molecule has 4 rings (SSSR count). The molecule has 0 amide bonds. The summed E-state index contributed by atoms with van der Waals surface area (Å²) in [7, 11) is -2.66. The Labute approximate surface area is 211 Å². The standard InChI is InChI=1S/C28H29NO6S/c1-18-11-12-22(16-19(18)2)27(30)20(3)35-28(31)23-13-14-25(34-4)26(17-23)36(32,33)29-15-7-9-21-8-5-6-10-24(21)29/h5-6,8,10-14,16-17,20H,7,9,15H2,1-4H3. The zero-order chi connectivity index (χ0) is 26.0. The molecule has 8 heteroatoms. The molecule has 3 aromatic carbocycles. The number of fused-ring (bicyclic) bond motifs is 1. The average molecular weight is 508 g/mol. The van der Waals surface area contributed by atoms with E-state index in [1.54, 1.807) is 24.3 Å². The van der Waals surface area contributed by atoms with Crippen LogP contribution in [0.5, 0.6) is 5.75 Å². The van der Waals surface area contributed by atoms with Gasteiger partial charge in [-0.05, 0) is 80.6 Å². The molecule has 0 aliphatic carbocycles. The Morgan fingerprint density at radius 3 is 2.39 bits per heavy atom. The number of ether oxygens (including phenoxy) is 2. The molecule has 7 nitrogen and oxygen atoms in total. The Morgan fingerprint density at radius 2 is 1.67 bits per heavy atom. The fraction of sp³-hybridized carbons (Fsp3) is 0.286. The fourth-order valence-electron chi connectivity index (χ4n) is 4.28. The van der Waals surface area contributed by atoms with E-state index in [-0.39, 0.29) is 22.0 Å². The summed E-state index contributed by atoms with van der Waals surface area (Å²) in [5.41, 5.74) is 4.04. The number of nitrogens with zero attached hydrogens (tertiary/aromatic N) is 1. The summed E-state index contributed by atoms with van der Waals surface area (Å²) < 4.78 is 39.5. The lowest BCUT2D eigenvalue weighted by Crippen LogP contribution is -2.35. The van der Waals surface area contributed by atoms with Crippen LogP contribution < -0.4 is 9.04 Å². The highest BCUT2D eigenvalue weighted by molar-refractivity contribution is 7.93. The summed E-state index contributed by atoms with van der Waals surface area (Å²) in [6.07, 6.45) is 0.423. The van der Waals surface area contributed by atoms with Gasteiger partial charge in [-0.2, -0.15) is 0 Å². The molecule has 0 N–H and O–H groups in total. The van der Waals surface area contributed by atoms with Gasteiger partial charge in [0.05, 0.1) is 18.4 Å². The first-order chi connectivity index (χ1) is 17.1. The van der Waals surface area contributed by atoms with Crippen molar-refractivity contribution in [1.82, 2.24) is 0 Å². The molecule has 0 saturated heterocycles. The summed E-state index contributed by atoms with van der Waals surface area (Å²) in [6.45, 7) is 5.67. The lowest BCUT2D eigenvalue weighted by molar-refractivity contribution is 0.0318. The minimum absolute atomic E-state index is 0.0133. The van der Waals surface area contributed by atoms with Gasteiger partial charge in [0.1, 0.15) is 10.6 Å². The van der Waals surface area contributed by atoms with Crippen LogP contribution in [0.4, 0.5) is 5.69 Å². The normalized spacial score (nSPS) is 14.1. The number of Topliss-reactive ketones (excluding diaryl/α,β-unsaturated/α-hetero) is 1. The van der Waals surface area contributed by atoms with Crippen LogP contribution in [0, 0.1) is 13.8 Å². The molecule has 1 atom stereocenters. The van der Waals surface area contributed by atoms with Gasteiger partial charge in [0.2, 0.25) is 5.78 Å². The Balaban J connectivity index is 1.62. The lowest BCUT2D eigenvalue weighted by atomic mass is 10.0. The first-order valence-corrected chi connectivity index (χ1v) is 13.2. The predicted molar refractivity (Wildman–Crippen MR) is 137 cm³/mol. The fourth-order valence-corrected chi connectivity index (χ4v) is 6.01. The largest absolute Gasteiger partial charge is 0.495 e. The number of hydrogen-bond acceptors (Lipinski definition) is 6. The third kappa shape index (κ3) is 4.86. The van der Waals surface area contributed by atoms with E-state index in [9.17, 15) is 18.0 Å². The third-order valence-electron chi connectivity index (χ3n) is 6.48. The van der Waals surface area contributed by atoms with Crippen molar-refractivity contribution < 1.29 is 27.5 Å². The van der Waals surface area contributed by atoms with Crippen LogP contribution in [-0.2, 0) is 21.2 Å². The summed E-state index contributed by atoms with van der Waals surface area (Å²) in [4.78, 5) is 25.6. The summed E-state index contributed by atoms with van der Waals surface area (Å²) in [6, 6.07) is 16.8. The maximum absolute atomic E-state index is 13.7. The highest BCUT2D eigenvalue weighted by Gasteiger charge is 2.32. The number of para-hydroxylation sites is 1. The van der Waals surface area contributed by atoms with Gasteiger partial charge < -0.3 is 9.47 Å². The van der Waals surface area contributed by atoms with Gasteiger partial charge in [-0.3, -0.25) is 9.10 Å². The van der Waals surface area contributed by atoms with Crippen LogP contribution in [0.1, 0.15) is 50.8 Å². The van der Waals surface area contributed by atoms with Gasteiger partial charge in [0, 0.05) is 12.1 Å². The Morgan fingerprint density at radius 1 is 0.944 bits per heavy atom. The van der Waals surface area contributed by atoms with E-state index in [1.165, 1.54) is 36.5 Å². The van der Waals surface area contributed by atoms with Crippen molar-refractivity contribution in [1.29, 1.82) is 0 Å². The maximum atomic E-state index is 13.7. The number of rotatable bonds is 7. The molecule has 0 spiro atoms. The molecule has 3 aromatic rings. The van der Waals surface area contributed by atoms with Crippen LogP contribution in [0.2, 0.25) is 0 Å². The van der Waals surface area contributed by atoms with Gasteiger partial charge in [-0.25, -0.2) is 13.2 Å². The van der Waals surface area contributed by atoms with E-state index >= 15 is 0 Å². The van der Waals surface area contributed by atoms with E-state index in [4.69, 9.17) is 9.47 Å². The Hall–Kier alpha value is -3.65. The number of benzene rings is 3. The molecule has 0 aromatic heterocycles. The number of esters is 1. The number of carbonyl (C=O) groups excluding carboxylic acids is 2. The summed E-state index contributed by atoms with van der Waals surface area (Å²) >= 11 is 0. The van der Waals surface area contributed by atoms with Gasteiger partial charge in [-0.15, -0.1) is 0 Å². The quantitative estimate of drug-likeness (QED) is 0.334. The van der Waals surface area contributed by atoms with Crippen molar-refractivity contribution >= 4 is 27.5 Å². The van der Waals surface area contributed by atoms with Crippen LogP contribution in [-0.4, -0.2) is 39.9 Å². The number of methoxy groups -OCH3 is 1. The Kier molecular flexibility index (Phi) is 7.17. The molecule has 1 unspecified atom stereocenters. The van der Waals surface area contributed by atoms with Crippen molar-refractivity contribution in [2.24, 2.45) is 0 Å². The number of anilines is 1. The molecule has 0 saturated carbocycles. The number of ketones is 1.